The Morgan fingerprint density at radius 1 is 1.16 bits per heavy atom. The number of urea groups is 1. The van der Waals surface area contributed by atoms with Crippen LogP contribution in [-0.4, -0.2) is 41.4 Å². The van der Waals surface area contributed by atoms with Crippen molar-refractivity contribution in [3.63, 3.8) is 0 Å². The van der Waals surface area contributed by atoms with E-state index in [0.717, 1.165) is 21.8 Å². The molecule has 3 heterocycles. The number of thiazole rings is 1. The molecule has 32 heavy (non-hydrogen) atoms. The molecule has 1 atom stereocenters. The van der Waals surface area contributed by atoms with Crippen LogP contribution < -0.4 is 15.4 Å². The smallest absolute Gasteiger partial charge is 0.322 e. The van der Waals surface area contributed by atoms with Crippen molar-refractivity contribution in [1.82, 2.24) is 20.5 Å². The fraction of sp³-hybridized carbons (Fsp3) is 0.217. The molecule has 0 saturated carbocycles. The first-order valence-corrected chi connectivity index (χ1v) is 10.9. The Morgan fingerprint density at radius 2 is 1.94 bits per heavy atom. The molecule has 0 unspecified atom stereocenters. The molecule has 1 aromatic heterocycles. The highest BCUT2D eigenvalue weighted by atomic mass is 32.1. The number of aromatic nitrogens is 1. The third-order valence-electron chi connectivity index (χ3n) is 5.86. The van der Waals surface area contributed by atoms with Crippen LogP contribution in [0.4, 0.5) is 4.79 Å². The maximum absolute atomic E-state index is 13.1. The van der Waals surface area contributed by atoms with E-state index in [1.54, 1.807) is 47.6 Å². The third kappa shape index (κ3) is 3.21. The molecule has 0 radical (unpaired) electrons. The zero-order valence-electron chi connectivity index (χ0n) is 17.5. The average Bonchev–Trinajstić information content (AvgIpc) is 3.44. The summed E-state index contributed by atoms with van der Waals surface area (Å²) in [6.45, 7) is 2.30. The van der Waals surface area contributed by atoms with Gasteiger partial charge >= 0.3 is 6.03 Å². The largest absolute Gasteiger partial charge is 0.497 e. The maximum Gasteiger partial charge on any atom is 0.322 e. The number of nitrogens with zero attached hydrogens (tertiary/aromatic N) is 2. The van der Waals surface area contributed by atoms with Gasteiger partial charge in [-0.2, -0.15) is 0 Å². The van der Waals surface area contributed by atoms with Crippen molar-refractivity contribution in [3.8, 4) is 17.0 Å². The van der Waals surface area contributed by atoms with Crippen LogP contribution in [0.5, 0.6) is 5.75 Å². The standard InChI is InChI=1S/C23H20N4O4S/c1-13-24-19(11-32-13)14-3-6-16(7-4-14)23(21(29)25-22(30)26-23)12-27-10-15-5-8-17(31-2)9-18(15)20(27)28/h3-9,11H,10,12H2,1-2H3,(H2,25,26,29,30)/t23-/m0/s1. The number of nitrogens with one attached hydrogen (secondary N) is 2. The van der Waals surface area contributed by atoms with E-state index in [-0.39, 0.29) is 12.5 Å². The molecule has 1 fully saturated rings. The summed E-state index contributed by atoms with van der Waals surface area (Å²) in [7, 11) is 1.54. The van der Waals surface area contributed by atoms with Crippen molar-refractivity contribution < 1.29 is 19.1 Å². The van der Waals surface area contributed by atoms with Crippen LogP contribution in [0, 0.1) is 6.92 Å². The van der Waals surface area contributed by atoms with Crippen molar-refractivity contribution in [1.29, 1.82) is 0 Å². The first kappa shape index (κ1) is 20.2. The number of aryl methyl sites for hydroxylation is 1. The van der Waals surface area contributed by atoms with Crippen molar-refractivity contribution in [2.75, 3.05) is 13.7 Å². The molecule has 5 rings (SSSR count). The summed E-state index contributed by atoms with van der Waals surface area (Å²) in [5.74, 6) is -0.101. The number of carbonyl (C=O) groups is 3. The first-order valence-electron chi connectivity index (χ1n) is 10.0. The number of hydrogen-bond donors (Lipinski definition) is 2. The van der Waals surface area contributed by atoms with Gasteiger partial charge in [-0.1, -0.05) is 30.3 Å². The van der Waals surface area contributed by atoms with Crippen LogP contribution in [0.3, 0.4) is 0 Å². The molecule has 4 amide bonds. The topological polar surface area (TPSA) is 101 Å². The minimum absolute atomic E-state index is 0.00948. The monoisotopic (exact) mass is 448 g/mol. The lowest BCUT2D eigenvalue weighted by atomic mass is 9.88. The lowest BCUT2D eigenvalue weighted by molar-refractivity contribution is -0.124. The lowest BCUT2D eigenvalue weighted by Crippen LogP contribution is -2.52. The van der Waals surface area contributed by atoms with E-state index >= 15 is 0 Å². The number of benzene rings is 2. The van der Waals surface area contributed by atoms with Crippen molar-refractivity contribution in [3.05, 3.63) is 69.5 Å². The van der Waals surface area contributed by atoms with Crippen LogP contribution in [0.25, 0.3) is 11.3 Å². The summed E-state index contributed by atoms with van der Waals surface area (Å²) in [5, 5.41) is 8.02. The quantitative estimate of drug-likeness (QED) is 0.585. The average molecular weight is 449 g/mol. The Morgan fingerprint density at radius 3 is 2.56 bits per heavy atom. The first-order chi connectivity index (χ1) is 15.4. The number of rotatable bonds is 5. The van der Waals surface area contributed by atoms with Gasteiger partial charge in [-0.3, -0.25) is 14.9 Å². The molecule has 0 aliphatic carbocycles. The number of hydrogen-bond acceptors (Lipinski definition) is 6. The highest BCUT2D eigenvalue weighted by Crippen LogP contribution is 2.33. The Kier molecular flexibility index (Phi) is 4.70. The second-order valence-corrected chi connectivity index (χ2v) is 8.89. The number of amides is 4. The summed E-state index contributed by atoms with van der Waals surface area (Å²) in [6.07, 6.45) is 0. The third-order valence-corrected chi connectivity index (χ3v) is 6.63. The van der Waals surface area contributed by atoms with E-state index in [0.29, 0.717) is 23.4 Å². The summed E-state index contributed by atoms with van der Waals surface area (Å²) >= 11 is 1.56. The molecular formula is C23H20N4O4S. The predicted molar refractivity (Wildman–Crippen MR) is 118 cm³/mol. The van der Waals surface area contributed by atoms with Crippen LogP contribution >= 0.6 is 11.3 Å². The molecule has 9 heteroatoms. The van der Waals surface area contributed by atoms with Gasteiger partial charge in [0.05, 0.1) is 24.4 Å². The van der Waals surface area contributed by atoms with Gasteiger partial charge in [0.15, 0.2) is 5.54 Å². The highest BCUT2D eigenvalue weighted by Gasteiger charge is 2.50. The van der Waals surface area contributed by atoms with Gasteiger partial charge in [-0.25, -0.2) is 9.78 Å². The van der Waals surface area contributed by atoms with Gasteiger partial charge in [0.2, 0.25) is 0 Å². The fourth-order valence-electron chi connectivity index (χ4n) is 4.20. The van der Waals surface area contributed by atoms with Gasteiger partial charge < -0.3 is 15.0 Å². The molecule has 2 N–H and O–H groups in total. The Balaban J connectivity index is 1.48. The van der Waals surface area contributed by atoms with Gasteiger partial charge in [-0.05, 0) is 30.2 Å². The molecule has 0 spiro atoms. The van der Waals surface area contributed by atoms with E-state index in [4.69, 9.17) is 4.74 Å². The van der Waals surface area contributed by atoms with Crippen LogP contribution in [0.1, 0.15) is 26.5 Å². The van der Waals surface area contributed by atoms with E-state index in [1.165, 1.54) is 0 Å². The van der Waals surface area contributed by atoms with E-state index < -0.39 is 17.5 Å². The van der Waals surface area contributed by atoms with Crippen LogP contribution in [0.15, 0.2) is 47.8 Å². The van der Waals surface area contributed by atoms with Crippen LogP contribution in [-0.2, 0) is 16.9 Å². The summed E-state index contributed by atoms with van der Waals surface area (Å²) in [4.78, 5) is 44.2. The maximum atomic E-state index is 13.1. The zero-order chi connectivity index (χ0) is 22.5. The van der Waals surface area contributed by atoms with Gasteiger partial charge in [-0.15, -0.1) is 11.3 Å². The predicted octanol–water partition coefficient (Wildman–Crippen LogP) is 2.82. The highest BCUT2D eigenvalue weighted by molar-refractivity contribution is 7.09. The molecule has 1 saturated heterocycles. The number of ether oxygens (including phenoxy) is 1. The lowest BCUT2D eigenvalue weighted by Gasteiger charge is -2.31. The summed E-state index contributed by atoms with van der Waals surface area (Å²) in [5.41, 5.74) is 2.37. The molecule has 8 nitrogen and oxygen atoms in total. The Labute approximate surface area is 188 Å². The second kappa shape index (κ2) is 7.45. The number of methoxy groups -OCH3 is 1. The van der Waals surface area contributed by atoms with Gasteiger partial charge in [0.1, 0.15) is 5.75 Å². The molecule has 2 aliphatic heterocycles. The van der Waals surface area contributed by atoms with Crippen molar-refractivity contribution >= 4 is 29.2 Å². The molecule has 3 aromatic rings. The van der Waals surface area contributed by atoms with Crippen molar-refractivity contribution in [2.45, 2.75) is 19.0 Å². The summed E-state index contributed by atoms with van der Waals surface area (Å²) in [6, 6.07) is 12.1. The van der Waals surface area contributed by atoms with Crippen LogP contribution in [0.2, 0.25) is 0 Å². The molecule has 162 valence electrons. The van der Waals surface area contributed by atoms with E-state index in [2.05, 4.69) is 15.6 Å². The summed E-state index contributed by atoms with van der Waals surface area (Å²) < 4.78 is 5.23. The molecule has 2 aliphatic rings. The zero-order valence-corrected chi connectivity index (χ0v) is 18.3. The van der Waals surface area contributed by atoms with Gasteiger partial charge in [0, 0.05) is 23.1 Å². The molecular weight excluding hydrogens is 428 g/mol. The second-order valence-electron chi connectivity index (χ2n) is 7.83. The number of carbonyl (C=O) groups excluding carboxylic acids is 3. The fourth-order valence-corrected chi connectivity index (χ4v) is 4.82. The Bertz CT molecular complexity index is 1250. The molecule has 0 bridgehead atoms. The SMILES string of the molecule is COc1ccc2c(c1)C(=O)N(C[C@@]1(c3ccc(-c4csc(C)n4)cc3)NC(=O)NC1=O)C2. The normalized spacial score (nSPS) is 19.7. The van der Waals surface area contributed by atoms with Gasteiger partial charge in [0.25, 0.3) is 11.8 Å². The van der Waals surface area contributed by atoms with E-state index in [1.807, 2.05) is 30.5 Å². The van der Waals surface area contributed by atoms with E-state index in [9.17, 15) is 14.4 Å². The Hall–Kier alpha value is -3.72. The molecule has 2 aromatic carbocycles. The minimum Gasteiger partial charge on any atom is -0.497 e. The van der Waals surface area contributed by atoms with Crippen molar-refractivity contribution in [2.24, 2.45) is 0 Å². The number of fused-ring (bicyclic) bond motifs is 1. The minimum atomic E-state index is -1.38. The number of imide groups is 1.